The summed E-state index contributed by atoms with van der Waals surface area (Å²) >= 11 is 17.2. The van der Waals surface area contributed by atoms with Crippen LogP contribution in [0.15, 0.2) is 77.3 Å². The lowest BCUT2D eigenvalue weighted by atomic mass is 10.0. The van der Waals surface area contributed by atoms with Crippen molar-refractivity contribution in [2.45, 2.75) is 56.5 Å². The quantitative estimate of drug-likeness (QED) is 0.236. The molecular formula is C30H31BrCl2N2O2S. The zero-order valence-electron chi connectivity index (χ0n) is 21.0. The summed E-state index contributed by atoms with van der Waals surface area (Å²) in [5.41, 5.74) is 3.00. The molecule has 0 aromatic heterocycles. The number of hydrogen-bond acceptors (Lipinski definition) is 3. The van der Waals surface area contributed by atoms with Crippen molar-refractivity contribution in [2.75, 3.05) is 5.75 Å². The van der Waals surface area contributed by atoms with Crippen LogP contribution in [0.1, 0.15) is 42.4 Å². The first kappa shape index (κ1) is 29.0. The SMILES string of the molecule is O=C(NC1CCCC1)[C@H](Cc1ccccc1)N(Cc1ccc(Br)cc1)C(=O)CSCc1ccc(Cl)c(Cl)c1. The van der Waals surface area contributed by atoms with Gasteiger partial charge >= 0.3 is 0 Å². The highest BCUT2D eigenvalue weighted by molar-refractivity contribution is 9.10. The second-order valence-corrected chi connectivity index (χ2v) is 12.3. The summed E-state index contributed by atoms with van der Waals surface area (Å²) in [5.74, 6) is 0.715. The van der Waals surface area contributed by atoms with Gasteiger partial charge in [-0.2, -0.15) is 0 Å². The number of rotatable bonds is 11. The molecule has 1 atom stereocenters. The van der Waals surface area contributed by atoms with Crippen LogP contribution in [0.25, 0.3) is 0 Å². The second kappa shape index (κ2) is 14.4. The van der Waals surface area contributed by atoms with Crippen molar-refractivity contribution in [3.63, 3.8) is 0 Å². The monoisotopic (exact) mass is 632 g/mol. The summed E-state index contributed by atoms with van der Waals surface area (Å²) in [6.45, 7) is 0.356. The predicted octanol–water partition coefficient (Wildman–Crippen LogP) is 7.69. The predicted molar refractivity (Wildman–Crippen MR) is 162 cm³/mol. The third kappa shape index (κ3) is 8.51. The molecule has 3 aromatic carbocycles. The Hall–Kier alpha value is -1.99. The number of thioether (sulfide) groups is 1. The number of benzene rings is 3. The molecule has 38 heavy (non-hydrogen) atoms. The highest BCUT2D eigenvalue weighted by Crippen LogP contribution is 2.26. The normalized spacial score (nSPS) is 14.3. The van der Waals surface area contributed by atoms with Crippen molar-refractivity contribution in [1.29, 1.82) is 0 Å². The minimum Gasteiger partial charge on any atom is -0.352 e. The average Bonchev–Trinajstić information content (AvgIpc) is 3.43. The molecule has 0 heterocycles. The first-order valence-electron chi connectivity index (χ1n) is 12.8. The Labute approximate surface area is 247 Å². The Morgan fingerprint density at radius 2 is 1.61 bits per heavy atom. The van der Waals surface area contributed by atoms with E-state index in [1.807, 2.05) is 66.7 Å². The van der Waals surface area contributed by atoms with E-state index in [1.165, 1.54) is 11.8 Å². The number of halogens is 3. The van der Waals surface area contributed by atoms with E-state index in [9.17, 15) is 9.59 Å². The molecular weight excluding hydrogens is 603 g/mol. The lowest BCUT2D eigenvalue weighted by Gasteiger charge is -2.32. The Balaban J connectivity index is 1.55. The molecule has 4 rings (SSSR count). The molecule has 1 aliphatic carbocycles. The first-order chi connectivity index (χ1) is 18.4. The van der Waals surface area contributed by atoms with Crippen molar-refractivity contribution in [3.05, 3.63) is 104 Å². The highest BCUT2D eigenvalue weighted by Gasteiger charge is 2.32. The fraction of sp³-hybridized carbons (Fsp3) is 0.333. The van der Waals surface area contributed by atoms with Crippen LogP contribution in [0.2, 0.25) is 10.0 Å². The van der Waals surface area contributed by atoms with Gasteiger partial charge in [-0.1, -0.05) is 101 Å². The fourth-order valence-electron chi connectivity index (χ4n) is 4.68. The third-order valence-electron chi connectivity index (χ3n) is 6.72. The number of nitrogens with one attached hydrogen (secondary N) is 1. The van der Waals surface area contributed by atoms with Gasteiger partial charge in [-0.25, -0.2) is 0 Å². The summed E-state index contributed by atoms with van der Waals surface area (Å²) < 4.78 is 0.969. The van der Waals surface area contributed by atoms with Crippen molar-refractivity contribution in [3.8, 4) is 0 Å². The van der Waals surface area contributed by atoms with Gasteiger partial charge in [0.05, 0.1) is 15.8 Å². The Morgan fingerprint density at radius 3 is 2.29 bits per heavy atom. The van der Waals surface area contributed by atoms with Crippen LogP contribution < -0.4 is 5.32 Å². The molecule has 2 amide bonds. The lowest BCUT2D eigenvalue weighted by molar-refractivity contribution is -0.139. The molecule has 1 N–H and O–H groups in total. The summed E-state index contributed by atoms with van der Waals surface area (Å²) in [6, 6.07) is 22.9. The molecule has 0 radical (unpaired) electrons. The zero-order valence-corrected chi connectivity index (χ0v) is 25.0. The molecule has 0 bridgehead atoms. The minimum absolute atomic E-state index is 0.0690. The largest absolute Gasteiger partial charge is 0.352 e. The molecule has 1 saturated carbocycles. The van der Waals surface area contributed by atoms with Crippen LogP contribution in [-0.2, 0) is 28.3 Å². The highest BCUT2D eigenvalue weighted by atomic mass is 79.9. The molecule has 8 heteroatoms. The fourth-order valence-corrected chi connectivity index (χ4v) is 6.12. The summed E-state index contributed by atoms with van der Waals surface area (Å²) in [5, 5.41) is 4.26. The van der Waals surface area contributed by atoms with Gasteiger partial charge in [-0.3, -0.25) is 9.59 Å². The van der Waals surface area contributed by atoms with Crippen LogP contribution in [0.4, 0.5) is 0 Å². The maximum Gasteiger partial charge on any atom is 0.243 e. The van der Waals surface area contributed by atoms with Crippen molar-refractivity contribution < 1.29 is 9.59 Å². The standard InChI is InChI=1S/C30H31BrCl2N2O2S/c31-24-13-10-22(11-14-24)18-35(29(36)20-38-19-23-12-15-26(32)27(33)16-23)28(17-21-6-2-1-3-7-21)30(37)34-25-8-4-5-9-25/h1-3,6-7,10-16,25,28H,4-5,8-9,17-20H2,(H,34,37)/t28-/m0/s1. The van der Waals surface area contributed by atoms with Gasteiger partial charge in [0, 0.05) is 29.2 Å². The summed E-state index contributed by atoms with van der Waals surface area (Å²) in [4.78, 5) is 29.2. The van der Waals surface area contributed by atoms with E-state index >= 15 is 0 Å². The second-order valence-electron chi connectivity index (χ2n) is 9.58. The van der Waals surface area contributed by atoms with Gasteiger partial charge in [0.1, 0.15) is 6.04 Å². The molecule has 3 aromatic rings. The summed E-state index contributed by atoms with van der Waals surface area (Å²) in [7, 11) is 0. The number of hydrogen-bond donors (Lipinski definition) is 1. The average molecular weight is 634 g/mol. The van der Waals surface area contributed by atoms with Crippen LogP contribution in [0.3, 0.4) is 0 Å². The van der Waals surface area contributed by atoms with Crippen LogP contribution in [-0.4, -0.2) is 34.6 Å². The Bertz CT molecular complexity index is 1220. The van der Waals surface area contributed by atoms with Crippen molar-refractivity contribution in [2.24, 2.45) is 0 Å². The third-order valence-corrected chi connectivity index (χ3v) is 8.97. The van der Waals surface area contributed by atoms with Gasteiger partial charge in [0.2, 0.25) is 11.8 Å². The topological polar surface area (TPSA) is 49.4 Å². The van der Waals surface area contributed by atoms with E-state index < -0.39 is 6.04 Å². The maximum atomic E-state index is 13.8. The lowest BCUT2D eigenvalue weighted by Crippen LogP contribution is -2.52. The number of carbonyl (C=O) groups excluding carboxylic acids is 2. The van der Waals surface area contributed by atoms with E-state index in [-0.39, 0.29) is 23.6 Å². The van der Waals surface area contributed by atoms with E-state index in [1.54, 1.807) is 11.0 Å². The van der Waals surface area contributed by atoms with Crippen LogP contribution >= 0.6 is 50.9 Å². The van der Waals surface area contributed by atoms with Crippen molar-refractivity contribution in [1.82, 2.24) is 10.2 Å². The minimum atomic E-state index is -0.611. The summed E-state index contributed by atoms with van der Waals surface area (Å²) in [6.07, 6.45) is 4.69. The molecule has 1 aliphatic rings. The maximum absolute atomic E-state index is 13.8. The van der Waals surface area contributed by atoms with E-state index in [0.717, 1.165) is 46.8 Å². The van der Waals surface area contributed by atoms with Gasteiger partial charge in [-0.05, 0) is 53.8 Å². The van der Waals surface area contributed by atoms with Gasteiger partial charge in [0.25, 0.3) is 0 Å². The molecule has 4 nitrogen and oxygen atoms in total. The van der Waals surface area contributed by atoms with Crippen molar-refractivity contribution >= 4 is 62.7 Å². The Kier molecular flexibility index (Phi) is 11.0. The van der Waals surface area contributed by atoms with Gasteiger partial charge in [-0.15, -0.1) is 11.8 Å². The molecule has 200 valence electrons. The molecule has 1 fully saturated rings. The number of carbonyl (C=O) groups is 2. The number of nitrogens with zero attached hydrogens (tertiary/aromatic N) is 1. The Morgan fingerprint density at radius 1 is 0.921 bits per heavy atom. The number of amides is 2. The molecule has 0 aliphatic heterocycles. The zero-order chi connectivity index (χ0) is 26.9. The van der Waals surface area contributed by atoms with E-state index in [0.29, 0.717) is 28.8 Å². The van der Waals surface area contributed by atoms with E-state index in [4.69, 9.17) is 23.2 Å². The van der Waals surface area contributed by atoms with Gasteiger partial charge < -0.3 is 10.2 Å². The van der Waals surface area contributed by atoms with Gasteiger partial charge in [0.15, 0.2) is 0 Å². The molecule has 0 saturated heterocycles. The van der Waals surface area contributed by atoms with E-state index in [2.05, 4.69) is 21.2 Å². The molecule has 0 spiro atoms. The molecule has 0 unspecified atom stereocenters. The smallest absolute Gasteiger partial charge is 0.243 e. The van der Waals surface area contributed by atoms with Crippen LogP contribution in [0, 0.1) is 0 Å². The van der Waals surface area contributed by atoms with Crippen LogP contribution in [0.5, 0.6) is 0 Å². The first-order valence-corrected chi connectivity index (χ1v) is 15.5.